The molecule has 0 aliphatic carbocycles. The van der Waals surface area contributed by atoms with Gasteiger partial charge >= 0.3 is 11.9 Å². The van der Waals surface area contributed by atoms with Crippen LogP contribution in [-0.2, 0) is 0 Å². The molecule has 0 radical (unpaired) electrons. The predicted molar refractivity (Wildman–Crippen MR) is 76.7 cm³/mol. The summed E-state index contributed by atoms with van der Waals surface area (Å²) in [4.78, 5) is 38.3. The van der Waals surface area contributed by atoms with Gasteiger partial charge < -0.3 is 14.6 Å². The molecule has 22 heavy (non-hydrogen) atoms. The van der Waals surface area contributed by atoms with Crippen molar-refractivity contribution in [1.29, 1.82) is 0 Å². The molecule has 0 aliphatic heterocycles. The predicted octanol–water partition coefficient (Wildman–Crippen LogP) is 2.39. The maximum Gasteiger partial charge on any atom is 0.355 e. The summed E-state index contributed by atoms with van der Waals surface area (Å²) in [5.41, 5.74) is -2.05. The Morgan fingerprint density at radius 1 is 1.09 bits per heavy atom. The number of carboxylic acid groups (broad SMARTS) is 2. The fraction of sp³-hybridized carbons (Fsp3) is 0. The minimum absolute atomic E-state index is 0.109. The van der Waals surface area contributed by atoms with E-state index in [9.17, 15) is 14.4 Å². The maximum absolute atomic E-state index is 12.4. The van der Waals surface area contributed by atoms with Crippen molar-refractivity contribution in [3.63, 3.8) is 0 Å². The molecule has 7 nitrogen and oxygen atoms in total. The highest BCUT2D eigenvalue weighted by Gasteiger charge is 2.21. The number of hydrogen-bond acceptors (Lipinski definition) is 5. The van der Waals surface area contributed by atoms with E-state index in [1.165, 1.54) is 18.2 Å². The minimum atomic E-state index is -1.55. The lowest BCUT2D eigenvalue weighted by Gasteiger charge is -2.05. The number of hydrogen-bond donors (Lipinski definition) is 2. The van der Waals surface area contributed by atoms with Gasteiger partial charge in [-0.1, -0.05) is 11.6 Å². The minimum Gasteiger partial charge on any atom is -0.478 e. The summed E-state index contributed by atoms with van der Waals surface area (Å²) in [6, 6.07) is 5.32. The van der Waals surface area contributed by atoms with E-state index in [0.29, 0.717) is 5.02 Å². The molecule has 2 aromatic heterocycles. The summed E-state index contributed by atoms with van der Waals surface area (Å²) < 4.78 is 5.43. The van der Waals surface area contributed by atoms with Crippen LogP contribution in [-0.4, -0.2) is 27.1 Å². The SMILES string of the molecule is O=C(O)c1cc2oc3ccc(Cl)cc3c(=O)c2nc1C(=O)O. The molecule has 2 heterocycles. The van der Waals surface area contributed by atoms with Gasteiger partial charge in [-0.15, -0.1) is 0 Å². The number of fused-ring (bicyclic) bond motifs is 2. The van der Waals surface area contributed by atoms with Crippen LogP contribution in [0.15, 0.2) is 33.5 Å². The smallest absolute Gasteiger partial charge is 0.355 e. The Morgan fingerprint density at radius 2 is 1.82 bits per heavy atom. The molecule has 8 heteroatoms. The van der Waals surface area contributed by atoms with Gasteiger partial charge in [0.05, 0.1) is 10.9 Å². The van der Waals surface area contributed by atoms with E-state index in [-0.39, 0.29) is 22.1 Å². The quantitative estimate of drug-likeness (QED) is 0.696. The first-order valence-corrected chi connectivity index (χ1v) is 6.30. The Labute approximate surface area is 126 Å². The molecule has 0 saturated carbocycles. The normalized spacial score (nSPS) is 11.0. The van der Waals surface area contributed by atoms with Crippen LogP contribution in [0.5, 0.6) is 0 Å². The van der Waals surface area contributed by atoms with Crippen LogP contribution >= 0.6 is 11.6 Å². The molecule has 0 atom stereocenters. The van der Waals surface area contributed by atoms with Crippen molar-refractivity contribution in [3.8, 4) is 0 Å². The molecule has 0 aliphatic rings. The standard InChI is InChI=1S/C14H6ClNO6/c15-5-1-2-8-6(3-5)12(17)11-9(22-8)4-7(13(18)19)10(16-11)14(20)21/h1-4H,(H,18,19)(H,20,21). The number of carboxylic acids is 2. The van der Waals surface area contributed by atoms with Crippen molar-refractivity contribution >= 4 is 45.6 Å². The second kappa shape index (κ2) is 4.81. The van der Waals surface area contributed by atoms with Crippen molar-refractivity contribution in [1.82, 2.24) is 4.98 Å². The average Bonchev–Trinajstić information content (AvgIpc) is 2.47. The molecule has 0 fully saturated rings. The van der Waals surface area contributed by atoms with Crippen LogP contribution in [0.25, 0.3) is 22.1 Å². The zero-order valence-corrected chi connectivity index (χ0v) is 11.4. The molecule has 110 valence electrons. The van der Waals surface area contributed by atoms with E-state index in [1.807, 2.05) is 0 Å². The van der Waals surface area contributed by atoms with Gasteiger partial charge in [0, 0.05) is 11.1 Å². The summed E-state index contributed by atoms with van der Waals surface area (Å²) in [5, 5.41) is 18.5. The van der Waals surface area contributed by atoms with E-state index < -0.39 is 28.6 Å². The third kappa shape index (κ3) is 2.08. The fourth-order valence-corrected chi connectivity index (χ4v) is 2.25. The van der Waals surface area contributed by atoms with Gasteiger partial charge in [0.2, 0.25) is 5.43 Å². The van der Waals surface area contributed by atoms with Crippen LogP contribution in [0.1, 0.15) is 20.8 Å². The first-order valence-electron chi connectivity index (χ1n) is 5.92. The largest absolute Gasteiger partial charge is 0.478 e. The van der Waals surface area contributed by atoms with E-state index >= 15 is 0 Å². The maximum atomic E-state index is 12.4. The Kier molecular flexibility index (Phi) is 3.07. The molecule has 0 saturated heterocycles. The molecular formula is C14H6ClNO6. The summed E-state index contributed by atoms with van der Waals surface area (Å²) >= 11 is 5.82. The van der Waals surface area contributed by atoms with Gasteiger partial charge in [-0.25, -0.2) is 14.6 Å². The van der Waals surface area contributed by atoms with Crippen LogP contribution in [0, 0.1) is 0 Å². The van der Waals surface area contributed by atoms with Gasteiger partial charge in [-0.05, 0) is 18.2 Å². The van der Waals surface area contributed by atoms with Gasteiger partial charge in [-0.3, -0.25) is 4.79 Å². The number of pyridine rings is 1. The molecule has 1 aromatic carbocycles. The Balaban J connectivity index is 2.51. The van der Waals surface area contributed by atoms with Crippen molar-refractivity contribution in [2.75, 3.05) is 0 Å². The first kappa shape index (κ1) is 14.0. The second-order valence-corrected chi connectivity index (χ2v) is 4.85. The summed E-state index contributed by atoms with van der Waals surface area (Å²) in [5.74, 6) is -3.03. The zero-order chi connectivity index (χ0) is 16.0. The highest BCUT2D eigenvalue weighted by atomic mass is 35.5. The number of aromatic carboxylic acids is 2. The Morgan fingerprint density at radius 3 is 2.45 bits per heavy atom. The van der Waals surface area contributed by atoms with Gasteiger partial charge in [-0.2, -0.15) is 0 Å². The van der Waals surface area contributed by atoms with E-state index in [2.05, 4.69) is 4.98 Å². The molecule has 0 amide bonds. The van der Waals surface area contributed by atoms with Gasteiger partial charge in [0.25, 0.3) is 0 Å². The van der Waals surface area contributed by atoms with Crippen molar-refractivity contribution in [2.24, 2.45) is 0 Å². The van der Waals surface area contributed by atoms with E-state index in [4.69, 9.17) is 26.2 Å². The van der Waals surface area contributed by atoms with Gasteiger partial charge in [0.15, 0.2) is 16.8 Å². The summed E-state index contributed by atoms with van der Waals surface area (Å²) in [7, 11) is 0. The number of aromatic nitrogens is 1. The van der Waals surface area contributed by atoms with E-state index in [0.717, 1.165) is 6.07 Å². The number of halogens is 1. The average molecular weight is 320 g/mol. The second-order valence-electron chi connectivity index (χ2n) is 4.41. The van der Waals surface area contributed by atoms with E-state index in [1.54, 1.807) is 0 Å². The highest BCUT2D eigenvalue weighted by Crippen LogP contribution is 2.22. The zero-order valence-electron chi connectivity index (χ0n) is 10.7. The van der Waals surface area contributed by atoms with Crippen LogP contribution in [0.2, 0.25) is 5.02 Å². The number of nitrogens with zero attached hydrogens (tertiary/aromatic N) is 1. The monoisotopic (exact) mass is 319 g/mol. The molecule has 3 rings (SSSR count). The number of rotatable bonds is 2. The van der Waals surface area contributed by atoms with Crippen LogP contribution in [0.3, 0.4) is 0 Å². The first-order chi connectivity index (χ1) is 10.4. The lowest BCUT2D eigenvalue weighted by atomic mass is 10.1. The molecule has 0 bridgehead atoms. The fourth-order valence-electron chi connectivity index (χ4n) is 2.08. The van der Waals surface area contributed by atoms with Gasteiger partial charge in [0.1, 0.15) is 5.58 Å². The lowest BCUT2D eigenvalue weighted by molar-refractivity contribution is 0.0647. The number of benzene rings is 1. The molecular weight excluding hydrogens is 314 g/mol. The van der Waals surface area contributed by atoms with Crippen LogP contribution in [0.4, 0.5) is 0 Å². The third-order valence-corrected chi connectivity index (χ3v) is 3.28. The van der Waals surface area contributed by atoms with Crippen molar-refractivity contribution in [2.45, 2.75) is 0 Å². The van der Waals surface area contributed by atoms with Crippen molar-refractivity contribution in [3.05, 3.63) is 50.8 Å². The topological polar surface area (TPSA) is 118 Å². The molecule has 0 unspecified atom stereocenters. The Hall–Kier alpha value is -2.93. The Bertz CT molecular complexity index is 1020. The third-order valence-electron chi connectivity index (χ3n) is 3.04. The van der Waals surface area contributed by atoms with Crippen LogP contribution < -0.4 is 5.43 Å². The summed E-state index contributed by atoms with van der Waals surface area (Å²) in [6.45, 7) is 0. The summed E-state index contributed by atoms with van der Waals surface area (Å²) in [6.07, 6.45) is 0. The number of carbonyl (C=O) groups is 2. The lowest BCUT2D eigenvalue weighted by Crippen LogP contribution is -2.14. The van der Waals surface area contributed by atoms with Crippen molar-refractivity contribution < 1.29 is 24.2 Å². The molecule has 0 spiro atoms. The molecule has 2 N–H and O–H groups in total. The molecule has 3 aromatic rings. The highest BCUT2D eigenvalue weighted by molar-refractivity contribution is 6.31.